The molecule has 1 N–H and O–H groups in total. The Kier molecular flexibility index (Phi) is 4.68. The first kappa shape index (κ1) is 17.7. The van der Waals surface area contributed by atoms with E-state index < -0.39 is 0 Å². The zero-order valence-corrected chi connectivity index (χ0v) is 15.9. The van der Waals surface area contributed by atoms with Gasteiger partial charge in [-0.25, -0.2) is 0 Å². The fourth-order valence-electron chi connectivity index (χ4n) is 3.41. The number of aryl methyl sites for hydroxylation is 1. The molecule has 0 amide bonds. The third-order valence-electron chi connectivity index (χ3n) is 4.88. The second-order valence-electron chi connectivity index (χ2n) is 6.53. The molecule has 138 valence electrons. The Balaban J connectivity index is 1.72. The van der Waals surface area contributed by atoms with Crippen molar-refractivity contribution >= 4 is 28.3 Å². The number of benzene rings is 2. The van der Waals surface area contributed by atoms with Gasteiger partial charge in [0.15, 0.2) is 5.82 Å². The number of nitrogens with one attached hydrogen (secondary N) is 1. The number of aromatic nitrogens is 4. The normalized spacial score (nSPS) is 12.7. The maximum Gasteiger partial charge on any atom is 0.262 e. The molecule has 0 saturated heterocycles. The number of para-hydroxylation sites is 1. The van der Waals surface area contributed by atoms with Crippen molar-refractivity contribution < 1.29 is 0 Å². The van der Waals surface area contributed by atoms with E-state index in [-0.39, 0.29) is 11.6 Å². The molecule has 0 aliphatic rings. The molecule has 1 unspecified atom stereocenters. The molecule has 1 atom stereocenters. The summed E-state index contributed by atoms with van der Waals surface area (Å²) in [6.07, 6.45) is 0.928. The van der Waals surface area contributed by atoms with E-state index in [1.54, 1.807) is 7.05 Å². The lowest BCUT2D eigenvalue weighted by Gasteiger charge is -2.17. The molecule has 0 fully saturated rings. The van der Waals surface area contributed by atoms with Gasteiger partial charge >= 0.3 is 0 Å². The molecule has 2 aromatic heterocycles. The van der Waals surface area contributed by atoms with Gasteiger partial charge < -0.3 is 5.32 Å². The molecule has 2 aromatic carbocycles. The van der Waals surface area contributed by atoms with Crippen molar-refractivity contribution in [1.82, 2.24) is 24.5 Å². The van der Waals surface area contributed by atoms with Gasteiger partial charge in [-0.05, 0) is 36.2 Å². The van der Waals surface area contributed by atoms with Crippen molar-refractivity contribution in [3.8, 4) is 0 Å². The smallest absolute Gasteiger partial charge is 0.262 e. The van der Waals surface area contributed by atoms with Crippen LogP contribution in [0.25, 0.3) is 16.7 Å². The van der Waals surface area contributed by atoms with Crippen LogP contribution < -0.4 is 10.9 Å². The SMILES string of the molecule is CCC(NCc1nnc2n(C)c(=O)c3ccccc3n12)c1ccc(Cl)cc1. The predicted octanol–water partition coefficient (Wildman–Crippen LogP) is 3.48. The molecule has 6 nitrogen and oxygen atoms in total. The van der Waals surface area contributed by atoms with Gasteiger partial charge in [-0.15, -0.1) is 10.2 Å². The monoisotopic (exact) mass is 381 g/mol. The fraction of sp³-hybridized carbons (Fsp3) is 0.250. The van der Waals surface area contributed by atoms with E-state index in [9.17, 15) is 4.79 Å². The molecule has 0 radical (unpaired) electrons. The first-order valence-corrected chi connectivity index (χ1v) is 9.28. The van der Waals surface area contributed by atoms with E-state index in [0.29, 0.717) is 17.7 Å². The third kappa shape index (κ3) is 3.11. The Morgan fingerprint density at radius 2 is 1.85 bits per heavy atom. The zero-order chi connectivity index (χ0) is 19.0. The van der Waals surface area contributed by atoms with E-state index in [0.717, 1.165) is 22.8 Å². The van der Waals surface area contributed by atoms with Crippen LogP contribution in [0.5, 0.6) is 0 Å². The highest BCUT2D eigenvalue weighted by atomic mass is 35.5. The fourth-order valence-corrected chi connectivity index (χ4v) is 3.54. The minimum Gasteiger partial charge on any atom is -0.303 e. The largest absolute Gasteiger partial charge is 0.303 e. The molecule has 0 aliphatic heterocycles. The highest BCUT2D eigenvalue weighted by Gasteiger charge is 2.16. The maximum absolute atomic E-state index is 12.5. The lowest BCUT2D eigenvalue weighted by Crippen LogP contribution is -2.23. The Morgan fingerprint density at radius 1 is 1.11 bits per heavy atom. The van der Waals surface area contributed by atoms with Gasteiger partial charge in [0.2, 0.25) is 5.78 Å². The van der Waals surface area contributed by atoms with Crippen LogP contribution in [-0.2, 0) is 13.6 Å². The number of halogens is 1. The average Bonchev–Trinajstić information content (AvgIpc) is 3.12. The first-order valence-electron chi connectivity index (χ1n) is 8.90. The minimum atomic E-state index is -0.0717. The van der Waals surface area contributed by atoms with Crippen LogP contribution in [0.4, 0.5) is 0 Å². The zero-order valence-electron chi connectivity index (χ0n) is 15.2. The van der Waals surface area contributed by atoms with Gasteiger partial charge in [0.1, 0.15) is 0 Å². The van der Waals surface area contributed by atoms with Crippen LogP contribution >= 0.6 is 11.6 Å². The summed E-state index contributed by atoms with van der Waals surface area (Å²) in [6, 6.07) is 15.6. The molecule has 0 bridgehead atoms. The highest BCUT2D eigenvalue weighted by Crippen LogP contribution is 2.20. The summed E-state index contributed by atoms with van der Waals surface area (Å²) in [4.78, 5) is 12.5. The summed E-state index contributed by atoms with van der Waals surface area (Å²) in [5.41, 5.74) is 1.92. The first-order chi connectivity index (χ1) is 13.1. The Labute approximate surface area is 161 Å². The van der Waals surface area contributed by atoms with Crippen LogP contribution in [0.3, 0.4) is 0 Å². The van der Waals surface area contributed by atoms with E-state index in [1.807, 2.05) is 52.9 Å². The van der Waals surface area contributed by atoms with Crippen molar-refractivity contribution in [2.75, 3.05) is 0 Å². The van der Waals surface area contributed by atoms with Gasteiger partial charge in [0.05, 0.1) is 17.4 Å². The van der Waals surface area contributed by atoms with Crippen LogP contribution in [0.1, 0.15) is 30.8 Å². The summed E-state index contributed by atoms with van der Waals surface area (Å²) >= 11 is 6.00. The van der Waals surface area contributed by atoms with Crippen molar-refractivity contribution in [2.45, 2.75) is 25.9 Å². The van der Waals surface area contributed by atoms with E-state index in [1.165, 1.54) is 10.1 Å². The Morgan fingerprint density at radius 3 is 2.59 bits per heavy atom. The van der Waals surface area contributed by atoms with Gasteiger partial charge in [-0.2, -0.15) is 0 Å². The molecule has 4 aromatic rings. The number of rotatable bonds is 5. The second-order valence-corrected chi connectivity index (χ2v) is 6.96. The van der Waals surface area contributed by atoms with Gasteiger partial charge in [0, 0.05) is 18.1 Å². The van der Waals surface area contributed by atoms with Crippen molar-refractivity contribution in [2.24, 2.45) is 7.05 Å². The summed E-state index contributed by atoms with van der Waals surface area (Å²) in [6.45, 7) is 2.66. The molecular weight excluding hydrogens is 362 g/mol. The van der Waals surface area contributed by atoms with E-state index in [4.69, 9.17) is 11.6 Å². The van der Waals surface area contributed by atoms with Crippen LogP contribution in [-0.4, -0.2) is 19.2 Å². The highest BCUT2D eigenvalue weighted by molar-refractivity contribution is 6.30. The molecule has 2 heterocycles. The van der Waals surface area contributed by atoms with Crippen LogP contribution in [0.2, 0.25) is 5.02 Å². The van der Waals surface area contributed by atoms with Crippen LogP contribution in [0, 0.1) is 0 Å². The molecule has 4 rings (SSSR count). The maximum atomic E-state index is 12.5. The Bertz CT molecular complexity index is 1160. The lowest BCUT2D eigenvalue weighted by atomic mass is 10.0. The summed E-state index contributed by atoms with van der Waals surface area (Å²) in [5.74, 6) is 1.30. The van der Waals surface area contributed by atoms with Gasteiger partial charge in [-0.1, -0.05) is 42.8 Å². The van der Waals surface area contributed by atoms with E-state index >= 15 is 0 Å². The minimum absolute atomic E-state index is 0.0717. The number of hydrogen-bond acceptors (Lipinski definition) is 4. The predicted molar refractivity (Wildman–Crippen MR) is 107 cm³/mol. The van der Waals surface area contributed by atoms with E-state index in [2.05, 4.69) is 22.4 Å². The summed E-state index contributed by atoms with van der Waals surface area (Å²) < 4.78 is 3.48. The molecule has 7 heteroatoms. The lowest BCUT2D eigenvalue weighted by molar-refractivity contribution is 0.507. The third-order valence-corrected chi connectivity index (χ3v) is 5.13. The molecule has 27 heavy (non-hydrogen) atoms. The second kappa shape index (κ2) is 7.13. The summed E-state index contributed by atoms with van der Waals surface area (Å²) in [5, 5.41) is 13.5. The standard InChI is InChI=1S/C20H20ClN5O/c1-3-16(13-8-10-14(21)11-9-13)22-12-18-23-24-20-25(2)19(27)15-6-4-5-7-17(15)26(18)20/h4-11,16,22H,3,12H2,1-2H3. The number of hydrogen-bond donors (Lipinski definition) is 1. The topological polar surface area (TPSA) is 64.2 Å². The Hall–Kier alpha value is -2.70. The molecular formula is C20H20ClN5O. The summed E-state index contributed by atoms with van der Waals surface area (Å²) in [7, 11) is 1.72. The van der Waals surface area contributed by atoms with Crippen LogP contribution in [0.15, 0.2) is 53.3 Å². The molecule has 0 saturated carbocycles. The van der Waals surface area contributed by atoms with Gasteiger partial charge in [0.25, 0.3) is 5.56 Å². The molecule has 0 spiro atoms. The van der Waals surface area contributed by atoms with Crippen molar-refractivity contribution in [1.29, 1.82) is 0 Å². The number of fused-ring (bicyclic) bond motifs is 3. The molecule has 0 aliphatic carbocycles. The number of nitrogens with zero attached hydrogens (tertiary/aromatic N) is 4. The van der Waals surface area contributed by atoms with Crippen molar-refractivity contribution in [3.63, 3.8) is 0 Å². The quantitative estimate of drug-likeness (QED) is 0.575. The van der Waals surface area contributed by atoms with Crippen molar-refractivity contribution in [3.05, 3.63) is 75.3 Å². The average molecular weight is 382 g/mol. The van der Waals surface area contributed by atoms with Gasteiger partial charge in [-0.3, -0.25) is 13.8 Å².